The first-order valence-electron chi connectivity index (χ1n) is 15.5. The summed E-state index contributed by atoms with van der Waals surface area (Å²) in [4.78, 5) is 9.31. The summed E-state index contributed by atoms with van der Waals surface area (Å²) in [6, 6.07) is 14.2. The summed E-state index contributed by atoms with van der Waals surface area (Å²) >= 11 is 0. The molecule has 0 radical (unpaired) electrons. The van der Waals surface area contributed by atoms with Crippen molar-refractivity contribution >= 4 is 22.7 Å². The summed E-state index contributed by atoms with van der Waals surface area (Å²) in [7, 11) is 0. The van der Waals surface area contributed by atoms with Crippen LogP contribution >= 0.6 is 0 Å². The smallest absolute Gasteiger partial charge is 0.134 e. The highest BCUT2D eigenvalue weighted by Crippen LogP contribution is 2.30. The monoisotopic (exact) mass is 600 g/mol. The largest absolute Gasteiger partial charge is 0.494 e. The van der Waals surface area contributed by atoms with Gasteiger partial charge < -0.3 is 15.4 Å². The van der Waals surface area contributed by atoms with Crippen LogP contribution in [-0.4, -0.2) is 17.3 Å². The van der Waals surface area contributed by atoms with Crippen LogP contribution in [0.25, 0.3) is 5.57 Å². The zero-order valence-electron chi connectivity index (χ0n) is 27.1. The summed E-state index contributed by atoms with van der Waals surface area (Å²) in [5.74, 6) is -0.942. The molecule has 0 bridgehead atoms. The number of nitrogens with one attached hydrogen (secondary N) is 2. The molecule has 0 spiro atoms. The number of halogens is 2. The number of para-hydroxylation sites is 1. The number of ether oxygens (including phenoxy) is 1. The summed E-state index contributed by atoms with van der Waals surface area (Å²) in [6.45, 7) is 14.8. The van der Waals surface area contributed by atoms with Crippen LogP contribution in [0.2, 0.25) is 0 Å². The van der Waals surface area contributed by atoms with Gasteiger partial charge in [0.25, 0.3) is 0 Å². The van der Waals surface area contributed by atoms with E-state index < -0.39 is 11.6 Å². The Hall–Kier alpha value is -4.26. The van der Waals surface area contributed by atoms with Crippen molar-refractivity contribution in [2.24, 2.45) is 10.9 Å². The third kappa shape index (κ3) is 9.63. The second-order valence-electron chi connectivity index (χ2n) is 10.9. The second-order valence-corrected chi connectivity index (χ2v) is 10.9. The number of aliphatic imine (C=N–C) groups is 1. The number of aromatic nitrogens is 1. The second kappa shape index (κ2) is 17.1. The lowest BCUT2D eigenvalue weighted by Crippen LogP contribution is -2.09. The van der Waals surface area contributed by atoms with Gasteiger partial charge in [-0.05, 0) is 63.8 Å². The molecule has 0 aliphatic carbocycles. The van der Waals surface area contributed by atoms with Gasteiger partial charge in [0, 0.05) is 76.3 Å². The molecule has 2 aromatic carbocycles. The SMILES string of the molecule is CCCC=C(/C(C)=N/C(=C\C(Nc1ccncc1)=C(\C)CC)C(C)C)c1ccccc1NCc1c(F)cc(OCC)cc1F. The van der Waals surface area contributed by atoms with E-state index in [-0.39, 0.29) is 23.8 Å². The Kier molecular flexibility index (Phi) is 13.3. The van der Waals surface area contributed by atoms with E-state index in [4.69, 9.17) is 9.73 Å². The van der Waals surface area contributed by atoms with Gasteiger partial charge in [-0.1, -0.05) is 64.0 Å². The molecule has 0 saturated heterocycles. The summed E-state index contributed by atoms with van der Waals surface area (Å²) in [5.41, 5.74) is 7.64. The normalized spacial score (nSPS) is 13.2. The molecule has 0 aliphatic rings. The lowest BCUT2D eigenvalue weighted by molar-refractivity contribution is 0.335. The number of rotatable bonds is 15. The topological polar surface area (TPSA) is 58.5 Å². The molecular weight excluding hydrogens is 554 g/mol. The van der Waals surface area contributed by atoms with Crippen molar-refractivity contribution in [3.05, 3.63) is 113 Å². The first kappa shape index (κ1) is 34.2. The molecule has 2 N–H and O–H groups in total. The van der Waals surface area contributed by atoms with Crippen LogP contribution in [0.5, 0.6) is 5.75 Å². The van der Waals surface area contributed by atoms with Gasteiger partial charge in [0.05, 0.1) is 6.61 Å². The number of anilines is 2. The van der Waals surface area contributed by atoms with Crippen LogP contribution in [-0.2, 0) is 6.54 Å². The van der Waals surface area contributed by atoms with Crippen LogP contribution in [0.15, 0.2) is 95.0 Å². The zero-order chi connectivity index (χ0) is 32.1. The molecule has 0 atom stereocenters. The van der Waals surface area contributed by atoms with Gasteiger partial charge in [0.1, 0.15) is 17.4 Å². The van der Waals surface area contributed by atoms with Gasteiger partial charge in [-0.3, -0.25) is 9.98 Å². The first-order valence-corrected chi connectivity index (χ1v) is 15.5. The maximum atomic E-state index is 14.8. The van der Waals surface area contributed by atoms with Crippen molar-refractivity contribution in [3.63, 3.8) is 0 Å². The van der Waals surface area contributed by atoms with Crippen molar-refractivity contribution < 1.29 is 13.5 Å². The van der Waals surface area contributed by atoms with E-state index in [0.29, 0.717) is 6.61 Å². The predicted octanol–water partition coefficient (Wildman–Crippen LogP) is 10.4. The van der Waals surface area contributed by atoms with E-state index in [2.05, 4.69) is 62.4 Å². The quantitative estimate of drug-likeness (QED) is 0.135. The van der Waals surface area contributed by atoms with E-state index in [1.807, 2.05) is 43.3 Å². The maximum Gasteiger partial charge on any atom is 0.134 e. The van der Waals surface area contributed by atoms with Crippen molar-refractivity contribution in [3.8, 4) is 5.75 Å². The Morgan fingerprint density at radius 1 is 1.00 bits per heavy atom. The van der Waals surface area contributed by atoms with Crippen molar-refractivity contribution in [1.82, 2.24) is 4.98 Å². The first-order chi connectivity index (χ1) is 21.2. The fraction of sp³-hybridized carbons (Fsp3) is 0.351. The average molecular weight is 601 g/mol. The minimum Gasteiger partial charge on any atom is -0.494 e. The van der Waals surface area contributed by atoms with Gasteiger partial charge in [-0.2, -0.15) is 0 Å². The Balaban J connectivity index is 2.00. The molecule has 5 nitrogen and oxygen atoms in total. The molecule has 0 aliphatic heterocycles. The van der Waals surface area contributed by atoms with E-state index in [1.165, 1.54) is 17.7 Å². The molecule has 1 heterocycles. The fourth-order valence-electron chi connectivity index (χ4n) is 4.57. The molecule has 0 amide bonds. The Labute approximate surface area is 261 Å². The fourth-order valence-corrected chi connectivity index (χ4v) is 4.57. The van der Waals surface area contributed by atoms with Gasteiger partial charge in [-0.15, -0.1) is 0 Å². The Morgan fingerprint density at radius 2 is 1.68 bits per heavy atom. The van der Waals surface area contributed by atoms with Gasteiger partial charge >= 0.3 is 0 Å². The lowest BCUT2D eigenvalue weighted by Gasteiger charge is -2.18. The lowest BCUT2D eigenvalue weighted by atomic mass is 9.97. The van der Waals surface area contributed by atoms with Crippen molar-refractivity contribution in [1.29, 1.82) is 0 Å². The van der Waals surface area contributed by atoms with Crippen LogP contribution in [0, 0.1) is 17.6 Å². The molecule has 3 rings (SSSR count). The Bertz CT molecular complexity index is 1480. The number of benzene rings is 2. The number of hydrogen-bond donors (Lipinski definition) is 2. The third-order valence-electron chi connectivity index (χ3n) is 7.26. The number of allylic oxidation sites excluding steroid dienone is 5. The molecule has 234 valence electrons. The highest BCUT2D eigenvalue weighted by Gasteiger charge is 2.16. The minimum atomic E-state index is -0.642. The molecule has 0 saturated carbocycles. The molecule has 44 heavy (non-hydrogen) atoms. The minimum absolute atomic E-state index is 0.0133. The third-order valence-corrected chi connectivity index (χ3v) is 7.26. The molecule has 0 fully saturated rings. The Morgan fingerprint density at radius 3 is 2.30 bits per heavy atom. The van der Waals surface area contributed by atoms with Crippen molar-refractivity contribution in [2.75, 3.05) is 17.2 Å². The van der Waals surface area contributed by atoms with Gasteiger partial charge in [-0.25, -0.2) is 8.78 Å². The summed E-state index contributed by atoms with van der Waals surface area (Å²) < 4.78 is 34.9. The van der Waals surface area contributed by atoms with Gasteiger partial charge in [0.2, 0.25) is 0 Å². The molecule has 7 heteroatoms. The number of nitrogens with zero attached hydrogens (tertiary/aromatic N) is 2. The highest BCUT2D eigenvalue weighted by atomic mass is 19.1. The standard InChI is InChI=1S/C37H46F2N4O/c1-8-11-14-30(27(7)42-36(25(4)5)23-37(26(6)9-2)43-28-17-19-40-20-18-28)31-15-12-13-16-35(31)41-24-32-33(38)21-29(44-10-3)22-34(32)39/h12-23,25,41H,8-11,24H2,1-7H3,(H,40,43)/b30-14?,36-23-,37-26+,42-27+. The predicted molar refractivity (Wildman–Crippen MR) is 181 cm³/mol. The molecule has 1 aromatic heterocycles. The molecule has 0 unspecified atom stereocenters. The van der Waals surface area contributed by atoms with Crippen LogP contribution in [0.1, 0.15) is 78.9 Å². The van der Waals surface area contributed by atoms with Crippen molar-refractivity contribution in [2.45, 2.75) is 74.3 Å². The van der Waals surface area contributed by atoms with Crippen LogP contribution in [0.4, 0.5) is 20.2 Å². The molecular formula is C37H46F2N4O. The summed E-state index contributed by atoms with van der Waals surface area (Å²) in [5, 5.41) is 6.82. The zero-order valence-corrected chi connectivity index (χ0v) is 27.1. The van der Waals surface area contributed by atoms with Crippen LogP contribution < -0.4 is 15.4 Å². The molecule has 3 aromatic rings. The highest BCUT2D eigenvalue weighted by molar-refractivity contribution is 6.24. The van der Waals surface area contributed by atoms with Crippen LogP contribution in [0.3, 0.4) is 0 Å². The van der Waals surface area contributed by atoms with E-state index in [9.17, 15) is 8.78 Å². The van der Waals surface area contributed by atoms with Gasteiger partial charge in [0.15, 0.2) is 0 Å². The average Bonchev–Trinajstić information content (AvgIpc) is 3.00. The number of hydrogen-bond acceptors (Lipinski definition) is 5. The summed E-state index contributed by atoms with van der Waals surface area (Å²) in [6.07, 6.45) is 10.6. The number of pyridine rings is 1. The van der Waals surface area contributed by atoms with E-state index >= 15 is 0 Å². The number of unbranched alkanes of at least 4 members (excludes halogenated alkanes) is 1. The van der Waals surface area contributed by atoms with E-state index in [1.54, 1.807) is 19.3 Å². The maximum absolute atomic E-state index is 14.8. The van der Waals surface area contributed by atoms with E-state index in [0.717, 1.165) is 58.9 Å².